The molecule has 0 aliphatic rings. The zero-order chi connectivity index (χ0) is 22.5. The second-order valence-corrected chi connectivity index (χ2v) is 8.25. The third kappa shape index (κ3) is 4.78. The molecule has 162 valence electrons. The van der Waals surface area contributed by atoms with Crippen molar-refractivity contribution in [1.29, 1.82) is 0 Å². The summed E-state index contributed by atoms with van der Waals surface area (Å²) < 4.78 is 11.0. The lowest BCUT2D eigenvalue weighted by molar-refractivity contribution is -0.120. The Morgan fingerprint density at radius 2 is 1.78 bits per heavy atom. The van der Waals surface area contributed by atoms with Gasteiger partial charge in [-0.1, -0.05) is 42.5 Å². The highest BCUT2D eigenvalue weighted by Gasteiger charge is 2.14. The van der Waals surface area contributed by atoms with Gasteiger partial charge in [-0.25, -0.2) is 9.78 Å². The van der Waals surface area contributed by atoms with E-state index in [-0.39, 0.29) is 18.9 Å². The molecular weight excluding hydrogens is 424 g/mol. The molecule has 1 N–H and O–H groups in total. The molecule has 0 bridgehead atoms. The maximum atomic E-state index is 12.5. The van der Waals surface area contributed by atoms with Crippen molar-refractivity contribution >= 4 is 33.4 Å². The van der Waals surface area contributed by atoms with Crippen LogP contribution in [-0.4, -0.2) is 31.1 Å². The van der Waals surface area contributed by atoms with Crippen molar-refractivity contribution in [3.63, 3.8) is 0 Å². The molecule has 0 atom stereocenters. The Morgan fingerprint density at radius 1 is 0.969 bits per heavy atom. The number of rotatable bonds is 7. The standard InChI is InChI=1S/C25H22N2O4S/c1-30-21-11-8-16(12-19(21)25(29)31-2)15-26-23(28)14-24-27-20-10-9-18(13-22(20)32-24)17-6-4-3-5-7-17/h3-13H,14-15H2,1-2H3,(H,26,28). The number of nitrogens with zero attached hydrogens (tertiary/aromatic N) is 1. The SMILES string of the molecule is COC(=O)c1cc(CNC(=O)Cc2nc3ccc(-c4ccccc4)cc3s2)ccc1OC. The molecule has 32 heavy (non-hydrogen) atoms. The second kappa shape index (κ2) is 9.62. The predicted molar refractivity (Wildman–Crippen MR) is 125 cm³/mol. The summed E-state index contributed by atoms with van der Waals surface area (Å²) in [7, 11) is 2.81. The molecular formula is C25H22N2O4S. The van der Waals surface area contributed by atoms with Crippen molar-refractivity contribution in [3.05, 3.63) is 82.9 Å². The molecule has 3 aromatic carbocycles. The minimum atomic E-state index is -0.487. The van der Waals surface area contributed by atoms with Crippen molar-refractivity contribution < 1.29 is 19.1 Å². The number of esters is 1. The Kier molecular flexibility index (Phi) is 6.47. The van der Waals surface area contributed by atoms with Crippen molar-refractivity contribution in [1.82, 2.24) is 10.3 Å². The maximum absolute atomic E-state index is 12.5. The van der Waals surface area contributed by atoms with Crippen LogP contribution in [0.25, 0.3) is 21.3 Å². The molecule has 1 amide bonds. The summed E-state index contributed by atoms with van der Waals surface area (Å²) in [5, 5.41) is 3.64. The van der Waals surface area contributed by atoms with E-state index in [1.807, 2.05) is 30.3 Å². The van der Waals surface area contributed by atoms with Crippen LogP contribution in [0.1, 0.15) is 20.9 Å². The molecule has 0 unspecified atom stereocenters. The number of hydrogen-bond acceptors (Lipinski definition) is 6. The summed E-state index contributed by atoms with van der Waals surface area (Å²) >= 11 is 1.52. The Morgan fingerprint density at radius 3 is 2.53 bits per heavy atom. The first-order valence-electron chi connectivity index (χ1n) is 10.0. The van der Waals surface area contributed by atoms with E-state index in [4.69, 9.17) is 9.47 Å². The molecule has 0 fully saturated rings. The fourth-order valence-electron chi connectivity index (χ4n) is 3.39. The van der Waals surface area contributed by atoms with Gasteiger partial charge in [-0.15, -0.1) is 11.3 Å². The number of carbonyl (C=O) groups excluding carboxylic acids is 2. The van der Waals surface area contributed by atoms with Gasteiger partial charge in [0.05, 0.1) is 30.9 Å². The van der Waals surface area contributed by atoms with Gasteiger partial charge in [0, 0.05) is 6.54 Å². The first-order chi connectivity index (χ1) is 15.6. The zero-order valence-corrected chi connectivity index (χ0v) is 18.6. The van der Waals surface area contributed by atoms with Crippen LogP contribution in [-0.2, 0) is 22.5 Å². The molecule has 0 aliphatic carbocycles. The van der Waals surface area contributed by atoms with Gasteiger partial charge in [-0.05, 0) is 41.0 Å². The fourth-order valence-corrected chi connectivity index (χ4v) is 4.40. The van der Waals surface area contributed by atoms with Crippen LogP contribution in [0.3, 0.4) is 0 Å². The van der Waals surface area contributed by atoms with Crippen LogP contribution in [0.15, 0.2) is 66.7 Å². The molecule has 0 aliphatic heterocycles. The van der Waals surface area contributed by atoms with E-state index >= 15 is 0 Å². The third-order valence-electron chi connectivity index (χ3n) is 5.01. The van der Waals surface area contributed by atoms with Gasteiger partial charge >= 0.3 is 5.97 Å². The predicted octanol–water partition coefficient (Wildman–Crippen LogP) is 4.62. The molecule has 0 spiro atoms. The maximum Gasteiger partial charge on any atom is 0.341 e. The van der Waals surface area contributed by atoms with Crippen molar-refractivity contribution in [3.8, 4) is 16.9 Å². The van der Waals surface area contributed by atoms with E-state index in [0.29, 0.717) is 11.3 Å². The largest absolute Gasteiger partial charge is 0.496 e. The molecule has 0 saturated carbocycles. The molecule has 4 aromatic rings. The van der Waals surface area contributed by atoms with Gasteiger partial charge in [0.2, 0.25) is 5.91 Å². The van der Waals surface area contributed by atoms with E-state index in [1.54, 1.807) is 18.2 Å². The van der Waals surface area contributed by atoms with Crippen LogP contribution < -0.4 is 10.1 Å². The van der Waals surface area contributed by atoms with Crippen molar-refractivity contribution in [2.45, 2.75) is 13.0 Å². The average Bonchev–Trinajstić information content (AvgIpc) is 3.24. The lowest BCUT2D eigenvalue weighted by atomic mass is 10.1. The smallest absolute Gasteiger partial charge is 0.341 e. The van der Waals surface area contributed by atoms with Crippen LogP contribution in [0.2, 0.25) is 0 Å². The van der Waals surface area contributed by atoms with Gasteiger partial charge in [-0.2, -0.15) is 0 Å². The van der Waals surface area contributed by atoms with Crippen LogP contribution >= 0.6 is 11.3 Å². The highest BCUT2D eigenvalue weighted by atomic mass is 32.1. The summed E-state index contributed by atoms with van der Waals surface area (Å²) in [6, 6.07) is 21.4. The monoisotopic (exact) mass is 446 g/mol. The number of carbonyl (C=O) groups is 2. The summed E-state index contributed by atoms with van der Waals surface area (Å²) in [6.07, 6.45) is 0.194. The van der Waals surface area contributed by atoms with Crippen molar-refractivity contribution in [2.24, 2.45) is 0 Å². The normalized spacial score (nSPS) is 10.7. The Bertz CT molecular complexity index is 1270. The number of aromatic nitrogens is 1. The first-order valence-corrected chi connectivity index (χ1v) is 10.9. The molecule has 0 saturated heterocycles. The Hall–Kier alpha value is -3.71. The van der Waals surface area contributed by atoms with Crippen LogP contribution in [0, 0.1) is 0 Å². The van der Waals surface area contributed by atoms with E-state index in [1.165, 1.54) is 25.6 Å². The number of fused-ring (bicyclic) bond motifs is 1. The van der Waals surface area contributed by atoms with Gasteiger partial charge in [0.1, 0.15) is 16.3 Å². The minimum absolute atomic E-state index is 0.136. The number of benzene rings is 3. The van der Waals surface area contributed by atoms with Gasteiger partial charge < -0.3 is 14.8 Å². The quantitative estimate of drug-likeness (QED) is 0.419. The molecule has 6 nitrogen and oxygen atoms in total. The number of hydrogen-bond donors (Lipinski definition) is 1. The van der Waals surface area contributed by atoms with Crippen molar-refractivity contribution in [2.75, 3.05) is 14.2 Å². The average molecular weight is 447 g/mol. The summed E-state index contributed by atoms with van der Waals surface area (Å²) in [5.41, 5.74) is 4.25. The van der Waals surface area contributed by atoms with Gasteiger partial charge in [-0.3, -0.25) is 4.79 Å². The number of ether oxygens (including phenoxy) is 2. The van der Waals surface area contributed by atoms with Gasteiger partial charge in [0.15, 0.2) is 0 Å². The molecule has 1 aromatic heterocycles. The molecule has 7 heteroatoms. The van der Waals surface area contributed by atoms with Crippen LogP contribution in [0.4, 0.5) is 0 Å². The molecule has 0 radical (unpaired) electrons. The Labute approximate surface area is 189 Å². The third-order valence-corrected chi connectivity index (χ3v) is 6.03. The van der Waals surface area contributed by atoms with E-state index in [9.17, 15) is 9.59 Å². The highest BCUT2D eigenvalue weighted by Crippen LogP contribution is 2.28. The topological polar surface area (TPSA) is 77.5 Å². The van der Waals surface area contributed by atoms with Crippen LogP contribution in [0.5, 0.6) is 5.75 Å². The van der Waals surface area contributed by atoms with E-state index in [2.05, 4.69) is 28.5 Å². The van der Waals surface area contributed by atoms with Gasteiger partial charge in [0.25, 0.3) is 0 Å². The Balaban J connectivity index is 1.42. The number of nitrogens with one attached hydrogen (secondary N) is 1. The first kappa shape index (κ1) is 21.5. The lowest BCUT2D eigenvalue weighted by Crippen LogP contribution is -2.24. The summed E-state index contributed by atoms with van der Waals surface area (Å²) in [5.74, 6) is -0.196. The summed E-state index contributed by atoms with van der Waals surface area (Å²) in [6.45, 7) is 0.288. The molecule has 4 rings (SSSR count). The van der Waals surface area contributed by atoms with E-state index < -0.39 is 5.97 Å². The summed E-state index contributed by atoms with van der Waals surface area (Å²) in [4.78, 5) is 29.0. The highest BCUT2D eigenvalue weighted by molar-refractivity contribution is 7.18. The number of methoxy groups -OCH3 is 2. The number of amides is 1. The fraction of sp³-hybridized carbons (Fsp3) is 0.160. The molecule has 1 heterocycles. The lowest BCUT2D eigenvalue weighted by Gasteiger charge is -2.10. The minimum Gasteiger partial charge on any atom is -0.496 e. The second-order valence-electron chi connectivity index (χ2n) is 7.14. The van der Waals surface area contributed by atoms with E-state index in [0.717, 1.165) is 31.9 Å². The number of thiazole rings is 1. The zero-order valence-electron chi connectivity index (χ0n) is 17.8.